The third kappa shape index (κ3) is 1.33. The Bertz CT molecular complexity index is 895. The van der Waals surface area contributed by atoms with Crippen molar-refractivity contribution in [1.82, 2.24) is 0 Å². The van der Waals surface area contributed by atoms with Crippen molar-refractivity contribution in [2.24, 2.45) is 0 Å². The fourth-order valence-electron chi connectivity index (χ4n) is 2.10. The molecule has 0 fully saturated rings. The van der Waals surface area contributed by atoms with Gasteiger partial charge in [0.15, 0.2) is 11.5 Å². The lowest BCUT2D eigenvalue weighted by Crippen LogP contribution is -2.32. The van der Waals surface area contributed by atoms with Crippen LogP contribution in [0.4, 0.5) is 0 Å². The second-order valence-electron chi connectivity index (χ2n) is 4.34. The Morgan fingerprint density at radius 3 is 1.10 bits per heavy atom. The Morgan fingerprint density at radius 2 is 0.850 bits per heavy atom. The van der Waals surface area contributed by atoms with Crippen molar-refractivity contribution in [3.8, 4) is 33.8 Å². The highest BCUT2D eigenvalue weighted by atomic mass is 16.3. The SMILES string of the molecule is O=c1c(O)c(-c2ccc(-c3c(O)c(=O)c3=O)cc2)c1=O. The molecule has 0 aliphatic rings. The molecular formula is C14H6O6. The van der Waals surface area contributed by atoms with Crippen LogP contribution in [0.25, 0.3) is 22.3 Å². The van der Waals surface area contributed by atoms with Crippen molar-refractivity contribution in [2.75, 3.05) is 0 Å². The summed E-state index contributed by atoms with van der Waals surface area (Å²) in [5.41, 5.74) is -2.89. The molecule has 3 rings (SSSR count). The van der Waals surface area contributed by atoms with Crippen LogP contribution in [0.1, 0.15) is 0 Å². The van der Waals surface area contributed by atoms with Gasteiger partial charge in [0.05, 0.1) is 11.1 Å². The monoisotopic (exact) mass is 270 g/mol. The Kier molecular flexibility index (Phi) is 2.25. The maximum absolute atomic E-state index is 11.3. The van der Waals surface area contributed by atoms with E-state index in [-0.39, 0.29) is 11.1 Å². The van der Waals surface area contributed by atoms with Crippen LogP contribution < -0.4 is 21.7 Å². The summed E-state index contributed by atoms with van der Waals surface area (Å²) in [5.74, 6) is -1.17. The maximum atomic E-state index is 11.3. The summed E-state index contributed by atoms with van der Waals surface area (Å²) >= 11 is 0. The van der Waals surface area contributed by atoms with Gasteiger partial charge in [-0.15, -0.1) is 0 Å². The predicted molar refractivity (Wildman–Crippen MR) is 70.5 cm³/mol. The van der Waals surface area contributed by atoms with E-state index in [1.54, 1.807) is 0 Å². The van der Waals surface area contributed by atoms with E-state index in [1.807, 2.05) is 0 Å². The zero-order valence-electron chi connectivity index (χ0n) is 9.84. The van der Waals surface area contributed by atoms with Gasteiger partial charge in [-0.2, -0.15) is 0 Å². The first-order valence-electron chi connectivity index (χ1n) is 5.59. The van der Waals surface area contributed by atoms with Gasteiger partial charge in [0.2, 0.25) is 10.9 Å². The van der Waals surface area contributed by atoms with E-state index < -0.39 is 33.2 Å². The molecule has 0 heterocycles. The highest BCUT2D eigenvalue weighted by Gasteiger charge is 2.23. The predicted octanol–water partition coefficient (Wildman–Crippen LogP) is -0.376. The molecular weight excluding hydrogens is 264 g/mol. The molecule has 98 valence electrons. The van der Waals surface area contributed by atoms with Gasteiger partial charge in [-0.3, -0.25) is 19.2 Å². The van der Waals surface area contributed by atoms with Crippen molar-refractivity contribution < 1.29 is 10.2 Å². The Morgan fingerprint density at radius 1 is 0.550 bits per heavy atom. The van der Waals surface area contributed by atoms with Crippen molar-refractivity contribution in [3.63, 3.8) is 0 Å². The van der Waals surface area contributed by atoms with E-state index in [9.17, 15) is 29.4 Å². The van der Waals surface area contributed by atoms with Crippen molar-refractivity contribution >= 4 is 0 Å². The average Bonchev–Trinajstić information content (AvgIpc) is 2.48. The van der Waals surface area contributed by atoms with E-state index in [2.05, 4.69) is 0 Å². The first-order chi connectivity index (χ1) is 9.43. The molecule has 3 aromatic rings. The Hall–Kier alpha value is -3.02. The van der Waals surface area contributed by atoms with Crippen molar-refractivity contribution in [2.45, 2.75) is 0 Å². The molecule has 20 heavy (non-hydrogen) atoms. The van der Waals surface area contributed by atoms with Crippen LogP contribution in [-0.4, -0.2) is 10.2 Å². The van der Waals surface area contributed by atoms with Gasteiger partial charge in [-0.05, 0) is 11.1 Å². The average molecular weight is 270 g/mol. The van der Waals surface area contributed by atoms with Gasteiger partial charge < -0.3 is 10.2 Å². The second kappa shape index (κ2) is 3.74. The van der Waals surface area contributed by atoms with Crippen molar-refractivity contribution in [3.05, 3.63) is 65.2 Å². The molecule has 0 amide bonds. The largest absolute Gasteiger partial charge is 0.503 e. The molecule has 2 N–H and O–H groups in total. The van der Waals surface area contributed by atoms with E-state index in [0.717, 1.165) is 0 Å². The molecule has 0 spiro atoms. The van der Waals surface area contributed by atoms with E-state index in [1.165, 1.54) is 24.3 Å². The fraction of sp³-hybridized carbons (Fsp3) is 0. The number of aromatic hydroxyl groups is 2. The molecule has 0 saturated heterocycles. The van der Waals surface area contributed by atoms with Gasteiger partial charge in [-0.1, -0.05) is 24.3 Å². The van der Waals surface area contributed by atoms with Gasteiger partial charge in [0, 0.05) is 0 Å². The normalized spacial score (nSPS) is 11.2. The minimum absolute atomic E-state index is 0.0734. The van der Waals surface area contributed by atoms with Crippen LogP contribution in [0.15, 0.2) is 43.4 Å². The standard InChI is InChI=1S/C14H6O6/c15-9-7(10(16)13(9)19)5-1-2-6(4-3-5)8-11(17)14(20)12(8)18/h1-4,15,17H. The van der Waals surface area contributed by atoms with Gasteiger partial charge >= 0.3 is 0 Å². The third-order valence-electron chi connectivity index (χ3n) is 3.23. The summed E-state index contributed by atoms with van der Waals surface area (Å²) in [7, 11) is 0. The van der Waals surface area contributed by atoms with Gasteiger partial charge in [0.25, 0.3) is 10.9 Å². The second-order valence-corrected chi connectivity index (χ2v) is 4.34. The molecule has 0 aromatic heterocycles. The summed E-state index contributed by atoms with van der Waals surface area (Å²) < 4.78 is 0. The summed E-state index contributed by atoms with van der Waals surface area (Å²) in [6.07, 6.45) is 0. The molecule has 0 radical (unpaired) electrons. The fourth-order valence-corrected chi connectivity index (χ4v) is 2.10. The molecule has 6 heteroatoms. The number of hydrogen-bond donors (Lipinski definition) is 2. The van der Waals surface area contributed by atoms with Crippen LogP contribution >= 0.6 is 0 Å². The van der Waals surface area contributed by atoms with Crippen LogP contribution in [0.5, 0.6) is 11.5 Å². The Labute approximate surface area is 110 Å². The molecule has 6 nitrogen and oxygen atoms in total. The lowest BCUT2D eigenvalue weighted by Gasteiger charge is -2.08. The minimum atomic E-state index is -0.927. The quantitative estimate of drug-likeness (QED) is 0.615. The van der Waals surface area contributed by atoms with E-state index >= 15 is 0 Å². The summed E-state index contributed by atoms with van der Waals surface area (Å²) in [6.45, 7) is 0. The minimum Gasteiger partial charge on any atom is -0.503 e. The molecule has 0 saturated carbocycles. The number of rotatable bonds is 2. The van der Waals surface area contributed by atoms with Crippen LogP contribution in [-0.2, 0) is 0 Å². The van der Waals surface area contributed by atoms with Gasteiger partial charge in [-0.25, -0.2) is 0 Å². The molecule has 3 aromatic carbocycles. The zero-order chi connectivity index (χ0) is 14.6. The van der Waals surface area contributed by atoms with Gasteiger partial charge in [0.1, 0.15) is 0 Å². The summed E-state index contributed by atoms with van der Waals surface area (Å²) in [5, 5.41) is 18.6. The third-order valence-corrected chi connectivity index (χ3v) is 3.23. The van der Waals surface area contributed by atoms with Crippen LogP contribution in [0.2, 0.25) is 0 Å². The van der Waals surface area contributed by atoms with E-state index in [4.69, 9.17) is 0 Å². The highest BCUT2D eigenvalue weighted by Crippen LogP contribution is 2.29. The van der Waals surface area contributed by atoms with E-state index in [0.29, 0.717) is 11.1 Å². The smallest absolute Gasteiger partial charge is 0.268 e. The maximum Gasteiger partial charge on any atom is 0.268 e. The Balaban J connectivity index is 2.06. The first-order valence-corrected chi connectivity index (χ1v) is 5.59. The van der Waals surface area contributed by atoms with Crippen LogP contribution in [0.3, 0.4) is 0 Å². The lowest BCUT2D eigenvalue weighted by atomic mass is 9.95. The highest BCUT2D eigenvalue weighted by molar-refractivity contribution is 5.78. The lowest BCUT2D eigenvalue weighted by molar-refractivity contribution is 0.465. The molecule has 0 unspecified atom stereocenters. The molecule has 0 aliphatic heterocycles. The molecule has 0 aliphatic carbocycles. The molecule has 0 atom stereocenters. The number of benzene rings is 1. The first kappa shape index (κ1) is 12.0. The zero-order valence-corrected chi connectivity index (χ0v) is 9.84. The number of hydrogen-bond acceptors (Lipinski definition) is 6. The summed E-state index contributed by atoms with van der Waals surface area (Å²) in [4.78, 5) is 44.4. The van der Waals surface area contributed by atoms with Crippen molar-refractivity contribution in [1.29, 1.82) is 0 Å². The van der Waals surface area contributed by atoms with Crippen LogP contribution in [0, 0.1) is 0 Å². The molecule has 0 bridgehead atoms. The summed E-state index contributed by atoms with van der Waals surface area (Å²) in [6, 6.07) is 5.67. The topological polar surface area (TPSA) is 109 Å².